The number of hydrogen-bond donors (Lipinski definition) is 0. The maximum atomic E-state index is 13.2. The maximum absolute atomic E-state index is 13.2. The first kappa shape index (κ1) is 24.3. The lowest BCUT2D eigenvalue weighted by Gasteiger charge is -2.33. The van der Waals surface area contributed by atoms with Gasteiger partial charge in [-0.3, -0.25) is 4.79 Å². The number of aromatic nitrogens is 2. The maximum Gasteiger partial charge on any atom is 0.435 e. The van der Waals surface area contributed by atoms with Gasteiger partial charge < -0.3 is 9.64 Å². The minimum absolute atomic E-state index is 0.0212. The zero-order valence-electron chi connectivity index (χ0n) is 20.0. The van der Waals surface area contributed by atoms with E-state index < -0.39 is 11.7 Å². The van der Waals surface area contributed by atoms with Crippen molar-refractivity contribution < 1.29 is 14.3 Å². The van der Waals surface area contributed by atoms with Crippen molar-refractivity contribution in [2.45, 2.75) is 71.4 Å². The molecule has 33 heavy (non-hydrogen) atoms. The van der Waals surface area contributed by atoms with Crippen LogP contribution in [0.3, 0.4) is 0 Å². The van der Waals surface area contributed by atoms with E-state index in [-0.39, 0.29) is 18.5 Å². The van der Waals surface area contributed by atoms with E-state index in [1.54, 1.807) is 20.0 Å². The fourth-order valence-electron chi connectivity index (χ4n) is 4.11. The minimum atomic E-state index is -0.936. The second-order valence-electron chi connectivity index (χ2n) is 9.33. The van der Waals surface area contributed by atoms with Gasteiger partial charge in [0.1, 0.15) is 5.60 Å². The predicted molar refractivity (Wildman–Crippen MR) is 125 cm³/mol. The fraction of sp³-hybridized carbons (Fsp3) is 0.542. The Hall–Kier alpha value is -3.32. The summed E-state index contributed by atoms with van der Waals surface area (Å²) in [5.74, 6) is 0.439. The van der Waals surface area contributed by atoms with Crippen molar-refractivity contribution in [3.63, 3.8) is 0 Å². The number of hydrogen-bond acceptors (Lipinski definition) is 5. The summed E-state index contributed by atoms with van der Waals surface area (Å²) in [6.45, 7) is 10.2. The number of benzene rings is 1. The van der Waals surface area contributed by atoms with E-state index >= 15 is 0 Å². The van der Waals surface area contributed by atoms with Crippen LogP contribution in [0.15, 0.2) is 35.6 Å². The van der Waals surface area contributed by atoms with E-state index in [1.165, 1.54) is 10.2 Å². The summed E-state index contributed by atoms with van der Waals surface area (Å²) in [6.07, 6.45) is 3.16. The van der Waals surface area contributed by atoms with Crippen LogP contribution in [-0.4, -0.2) is 51.4 Å². The number of amides is 1. The number of ether oxygens (including phenoxy) is 1. The van der Waals surface area contributed by atoms with Crippen LogP contribution < -0.4 is 0 Å². The number of carbonyl (C=O) groups excluding carboxylic acids is 2. The Bertz CT molecular complexity index is 1050. The number of nitrogens with zero attached hydrogens (tertiary/aromatic N) is 6. The monoisotopic (exact) mass is 452 g/mol. The van der Waals surface area contributed by atoms with E-state index in [2.05, 4.69) is 29.0 Å². The van der Waals surface area contributed by atoms with E-state index in [1.807, 2.05) is 36.1 Å². The lowest BCUT2D eigenvalue weighted by Crippen LogP contribution is -2.43. The Balaban J connectivity index is 1.71. The number of carbonyl (C=O) groups is 2. The van der Waals surface area contributed by atoms with Crippen molar-refractivity contribution in [2.75, 3.05) is 13.1 Å². The highest BCUT2D eigenvalue weighted by atomic mass is 16.6. The Morgan fingerprint density at radius 2 is 2.03 bits per heavy atom. The normalized spacial score (nSPS) is 15.5. The molecule has 1 heterocycles. The molecule has 3 rings (SSSR count). The van der Waals surface area contributed by atoms with Crippen molar-refractivity contribution in [1.29, 1.82) is 0 Å². The summed E-state index contributed by atoms with van der Waals surface area (Å²) in [5.41, 5.74) is 11.2. The highest BCUT2D eigenvalue weighted by molar-refractivity contribution is 5.94. The Morgan fingerprint density at radius 3 is 2.64 bits per heavy atom. The molecule has 1 aliphatic carbocycles. The molecule has 1 unspecified atom stereocenters. The summed E-state index contributed by atoms with van der Waals surface area (Å²) in [5, 5.41) is 7.88. The predicted octanol–water partition coefficient (Wildman–Crippen LogP) is 5.10. The number of azide groups is 1. The lowest BCUT2D eigenvalue weighted by molar-refractivity contribution is 0.0441. The molecular weight excluding hydrogens is 420 g/mol. The Kier molecular flexibility index (Phi) is 7.43. The van der Waals surface area contributed by atoms with Gasteiger partial charge in [-0.1, -0.05) is 31.1 Å². The average Bonchev–Trinajstić information content (AvgIpc) is 3.22. The fourth-order valence-corrected chi connectivity index (χ4v) is 4.11. The van der Waals surface area contributed by atoms with Gasteiger partial charge in [-0.15, -0.1) is 0 Å². The van der Waals surface area contributed by atoms with Crippen molar-refractivity contribution in [3.8, 4) is 0 Å². The highest BCUT2D eigenvalue weighted by Gasteiger charge is 2.31. The molecule has 0 fully saturated rings. The van der Waals surface area contributed by atoms with E-state index in [0.29, 0.717) is 30.9 Å². The summed E-state index contributed by atoms with van der Waals surface area (Å²) in [4.78, 5) is 30.4. The van der Waals surface area contributed by atoms with Gasteiger partial charge in [-0.2, -0.15) is 9.78 Å². The molecule has 176 valence electrons. The number of aryl methyl sites for hydroxylation is 1. The van der Waals surface area contributed by atoms with Crippen molar-refractivity contribution in [2.24, 2.45) is 5.11 Å². The van der Waals surface area contributed by atoms with Crippen LogP contribution in [0.4, 0.5) is 4.79 Å². The second-order valence-corrected chi connectivity index (χ2v) is 9.33. The third-order valence-electron chi connectivity index (χ3n) is 5.98. The molecule has 1 aromatic heterocycles. The Morgan fingerprint density at radius 1 is 1.33 bits per heavy atom. The summed E-state index contributed by atoms with van der Waals surface area (Å²) >= 11 is 0. The number of likely N-dealkylation sites (N-methyl/N-ethyl adjacent to an activating group) is 1. The largest absolute Gasteiger partial charge is 0.442 e. The zero-order chi connectivity index (χ0) is 24.2. The molecule has 9 heteroatoms. The highest BCUT2D eigenvalue weighted by Crippen LogP contribution is 2.26. The van der Waals surface area contributed by atoms with Crippen LogP contribution >= 0.6 is 0 Å². The molecule has 0 saturated heterocycles. The molecule has 0 aliphatic heterocycles. The molecule has 1 aliphatic rings. The molecule has 1 aromatic carbocycles. The first-order chi connectivity index (χ1) is 15.6. The third-order valence-corrected chi connectivity index (χ3v) is 5.98. The van der Waals surface area contributed by atoms with Crippen molar-refractivity contribution in [3.05, 3.63) is 63.3 Å². The van der Waals surface area contributed by atoms with Gasteiger partial charge in [0, 0.05) is 29.3 Å². The van der Waals surface area contributed by atoms with Gasteiger partial charge in [-0.05, 0) is 74.7 Å². The molecule has 0 N–H and O–H groups in total. The zero-order valence-corrected chi connectivity index (χ0v) is 20.0. The van der Waals surface area contributed by atoms with Crippen LogP contribution in [0.1, 0.15) is 74.1 Å². The SMILES string of the molecule is CCN(C(=O)c1ccc(C(C)C)cc1)C1CCc2nn(C(=O)OC(C)(C)CN=[N+]=[N-])cc2C1. The van der Waals surface area contributed by atoms with E-state index in [4.69, 9.17) is 10.3 Å². The van der Waals surface area contributed by atoms with Crippen LogP contribution in [0, 0.1) is 0 Å². The summed E-state index contributed by atoms with van der Waals surface area (Å²) < 4.78 is 6.66. The van der Waals surface area contributed by atoms with E-state index in [9.17, 15) is 9.59 Å². The van der Waals surface area contributed by atoms with Gasteiger partial charge in [0.25, 0.3) is 5.91 Å². The van der Waals surface area contributed by atoms with Crippen LogP contribution in [0.2, 0.25) is 0 Å². The van der Waals surface area contributed by atoms with Crippen molar-refractivity contribution >= 4 is 12.0 Å². The van der Waals surface area contributed by atoms with E-state index in [0.717, 1.165) is 17.7 Å². The minimum Gasteiger partial charge on any atom is -0.442 e. The van der Waals surface area contributed by atoms with Gasteiger partial charge in [0.2, 0.25) is 0 Å². The van der Waals surface area contributed by atoms with Crippen molar-refractivity contribution in [1.82, 2.24) is 14.7 Å². The first-order valence-electron chi connectivity index (χ1n) is 11.4. The average molecular weight is 453 g/mol. The van der Waals surface area contributed by atoms with Gasteiger partial charge in [0.15, 0.2) is 0 Å². The molecule has 0 radical (unpaired) electrons. The standard InChI is InChI=1S/C24H32N6O3/c1-6-29(22(31)18-9-7-17(8-10-18)16(2)3)20-11-12-21-19(13-20)14-30(27-21)23(32)33-24(4,5)15-26-28-25/h7-10,14,16,20H,6,11-13,15H2,1-5H3. The van der Waals surface area contributed by atoms with Gasteiger partial charge in [0.05, 0.1) is 12.2 Å². The first-order valence-corrected chi connectivity index (χ1v) is 11.4. The topological polar surface area (TPSA) is 113 Å². The summed E-state index contributed by atoms with van der Waals surface area (Å²) in [7, 11) is 0. The molecule has 9 nitrogen and oxygen atoms in total. The molecule has 1 amide bonds. The smallest absolute Gasteiger partial charge is 0.435 e. The second kappa shape index (κ2) is 10.1. The molecule has 2 aromatic rings. The van der Waals surface area contributed by atoms with Crippen LogP contribution in [0.25, 0.3) is 10.4 Å². The summed E-state index contributed by atoms with van der Waals surface area (Å²) in [6, 6.07) is 7.88. The van der Waals surface area contributed by atoms with Crippen LogP contribution in [0.5, 0.6) is 0 Å². The quantitative estimate of drug-likeness (QED) is 0.330. The Labute approximate surface area is 194 Å². The van der Waals surface area contributed by atoms with Gasteiger partial charge >= 0.3 is 6.09 Å². The third kappa shape index (κ3) is 5.73. The molecule has 0 bridgehead atoms. The lowest BCUT2D eigenvalue weighted by atomic mass is 9.92. The van der Waals surface area contributed by atoms with Crippen LogP contribution in [-0.2, 0) is 17.6 Å². The molecule has 0 spiro atoms. The molecular formula is C24H32N6O3. The number of rotatable bonds is 7. The molecule has 1 atom stereocenters. The molecule has 0 saturated carbocycles. The van der Waals surface area contributed by atoms with Gasteiger partial charge in [-0.25, -0.2) is 4.79 Å². The number of fused-ring (bicyclic) bond motifs is 1.